The molecule has 1 aliphatic heterocycles. The van der Waals surface area contributed by atoms with Crippen LogP contribution in [0.2, 0.25) is 0 Å². The number of rotatable bonds is 5. The van der Waals surface area contributed by atoms with Crippen molar-refractivity contribution < 1.29 is 14.3 Å². The summed E-state index contributed by atoms with van der Waals surface area (Å²) in [5.74, 6) is -0.211. The quantitative estimate of drug-likeness (QED) is 0.773. The fourth-order valence-electron chi connectivity index (χ4n) is 2.17. The maximum Gasteiger partial charge on any atom is 0.311 e. The Morgan fingerprint density at radius 3 is 2.89 bits per heavy atom. The highest BCUT2D eigenvalue weighted by atomic mass is 32.1. The second-order valence-corrected chi connectivity index (χ2v) is 5.36. The Labute approximate surface area is 117 Å². The van der Waals surface area contributed by atoms with E-state index in [2.05, 4.69) is 9.88 Å². The molecule has 19 heavy (non-hydrogen) atoms. The van der Waals surface area contributed by atoms with Crippen molar-refractivity contribution in [3.8, 4) is 0 Å². The lowest BCUT2D eigenvalue weighted by atomic mass is 10.1. The molecule has 0 atom stereocenters. The second-order valence-electron chi connectivity index (χ2n) is 4.53. The summed E-state index contributed by atoms with van der Waals surface area (Å²) in [5, 5.41) is 2.93. The van der Waals surface area contributed by atoms with Crippen LogP contribution in [0.25, 0.3) is 0 Å². The van der Waals surface area contributed by atoms with E-state index < -0.39 is 0 Å². The zero-order valence-corrected chi connectivity index (χ0v) is 12.2. The zero-order chi connectivity index (χ0) is 13.7. The lowest BCUT2D eigenvalue weighted by Gasteiger charge is -2.30. The molecular weight excluding hydrogens is 264 g/mol. The summed E-state index contributed by atoms with van der Waals surface area (Å²) in [7, 11) is 1.77. The first-order valence-electron chi connectivity index (χ1n) is 6.60. The predicted molar refractivity (Wildman–Crippen MR) is 74.7 cm³/mol. The normalized spacial score (nSPS) is 16.6. The Balaban J connectivity index is 1.88. The maximum atomic E-state index is 11.4. The van der Waals surface area contributed by atoms with Gasteiger partial charge in [-0.2, -0.15) is 0 Å². The van der Waals surface area contributed by atoms with E-state index >= 15 is 0 Å². The molecule has 0 radical (unpaired) electrons. The lowest BCUT2D eigenvalue weighted by molar-refractivity contribution is -0.142. The van der Waals surface area contributed by atoms with Gasteiger partial charge >= 0.3 is 5.97 Å². The molecule has 0 N–H and O–H groups in total. The molecule has 1 aliphatic rings. The Morgan fingerprint density at radius 1 is 1.53 bits per heavy atom. The van der Waals surface area contributed by atoms with E-state index in [9.17, 15) is 4.79 Å². The molecule has 5 nitrogen and oxygen atoms in total. The van der Waals surface area contributed by atoms with Crippen LogP contribution >= 0.6 is 11.3 Å². The minimum Gasteiger partial charge on any atom is -0.466 e. The summed E-state index contributed by atoms with van der Waals surface area (Å²) in [6, 6.07) is 0. The molecule has 2 rings (SSSR count). The molecular formula is C13H20N2O3S. The van der Waals surface area contributed by atoms with Gasteiger partial charge in [-0.1, -0.05) is 0 Å². The molecule has 0 aromatic carbocycles. The number of methoxy groups -OCH3 is 1. The zero-order valence-electron chi connectivity index (χ0n) is 11.4. The van der Waals surface area contributed by atoms with Gasteiger partial charge in [0.1, 0.15) is 0 Å². The first kappa shape index (κ1) is 14.3. The number of carbonyl (C=O) groups is 1. The molecule has 1 aromatic heterocycles. The Kier molecular flexibility index (Phi) is 5.15. The molecule has 0 bridgehead atoms. The average Bonchev–Trinajstić information content (AvgIpc) is 2.87. The fraction of sp³-hybridized carbons (Fsp3) is 0.692. The highest BCUT2D eigenvalue weighted by Gasteiger charge is 2.21. The van der Waals surface area contributed by atoms with Crippen molar-refractivity contribution in [3.63, 3.8) is 0 Å². The summed E-state index contributed by atoms with van der Waals surface area (Å²) in [4.78, 5) is 18.2. The van der Waals surface area contributed by atoms with Gasteiger partial charge in [-0.3, -0.25) is 4.79 Å². The first-order valence-corrected chi connectivity index (χ1v) is 7.48. The van der Waals surface area contributed by atoms with Crippen molar-refractivity contribution in [2.75, 3.05) is 31.7 Å². The minimum absolute atomic E-state index is 0.211. The SMILES string of the molecule is CCOC(=O)Cc1csc(N2CCC(OC)CC2)n1. The number of carbonyl (C=O) groups excluding carboxylic acids is 1. The number of aromatic nitrogens is 1. The Morgan fingerprint density at radius 2 is 2.26 bits per heavy atom. The molecule has 0 aliphatic carbocycles. The van der Waals surface area contributed by atoms with E-state index in [0.717, 1.165) is 36.8 Å². The summed E-state index contributed by atoms with van der Waals surface area (Å²) < 4.78 is 10.3. The summed E-state index contributed by atoms with van der Waals surface area (Å²) in [5.41, 5.74) is 0.798. The van der Waals surface area contributed by atoms with Crippen molar-refractivity contribution in [1.29, 1.82) is 0 Å². The number of piperidine rings is 1. The number of hydrogen-bond acceptors (Lipinski definition) is 6. The van der Waals surface area contributed by atoms with Gasteiger partial charge in [0, 0.05) is 25.6 Å². The Bertz CT molecular complexity index is 414. The van der Waals surface area contributed by atoms with Crippen molar-refractivity contribution in [2.45, 2.75) is 32.3 Å². The van der Waals surface area contributed by atoms with Crippen LogP contribution in [0.5, 0.6) is 0 Å². The number of esters is 1. The molecule has 1 fully saturated rings. The summed E-state index contributed by atoms with van der Waals surface area (Å²) >= 11 is 1.59. The van der Waals surface area contributed by atoms with Gasteiger partial charge in [0.05, 0.1) is 24.8 Å². The van der Waals surface area contributed by atoms with Crippen molar-refractivity contribution in [1.82, 2.24) is 4.98 Å². The average molecular weight is 284 g/mol. The Hall–Kier alpha value is -1.14. The van der Waals surface area contributed by atoms with E-state index in [1.807, 2.05) is 12.3 Å². The molecule has 0 amide bonds. The first-order chi connectivity index (χ1) is 9.22. The van der Waals surface area contributed by atoms with Gasteiger partial charge in [-0.15, -0.1) is 11.3 Å². The van der Waals surface area contributed by atoms with Gasteiger partial charge in [0.15, 0.2) is 5.13 Å². The van der Waals surface area contributed by atoms with E-state index in [4.69, 9.17) is 9.47 Å². The minimum atomic E-state index is -0.211. The third-order valence-electron chi connectivity index (χ3n) is 3.22. The number of thiazole rings is 1. The largest absolute Gasteiger partial charge is 0.466 e. The van der Waals surface area contributed by atoms with Gasteiger partial charge in [-0.25, -0.2) is 4.98 Å². The number of nitrogens with zero attached hydrogens (tertiary/aromatic N) is 2. The molecule has 1 saturated heterocycles. The molecule has 2 heterocycles. The molecule has 0 unspecified atom stereocenters. The van der Waals surface area contributed by atoms with Gasteiger partial charge in [0.25, 0.3) is 0 Å². The van der Waals surface area contributed by atoms with Crippen molar-refractivity contribution in [3.05, 3.63) is 11.1 Å². The van der Waals surface area contributed by atoms with Gasteiger partial charge < -0.3 is 14.4 Å². The van der Waals surface area contributed by atoms with Crippen LogP contribution in [-0.2, 0) is 20.7 Å². The van der Waals surface area contributed by atoms with Crippen molar-refractivity contribution >= 4 is 22.4 Å². The van der Waals surface area contributed by atoms with Crippen LogP contribution in [0, 0.1) is 0 Å². The standard InChI is InChI=1S/C13H20N2O3S/c1-3-18-12(16)8-10-9-19-13(14-10)15-6-4-11(17-2)5-7-15/h9,11H,3-8H2,1-2H3. The molecule has 0 saturated carbocycles. The third kappa shape index (κ3) is 3.91. The molecule has 1 aromatic rings. The number of ether oxygens (including phenoxy) is 2. The monoisotopic (exact) mass is 284 g/mol. The van der Waals surface area contributed by atoms with Crippen LogP contribution in [-0.4, -0.2) is 43.9 Å². The van der Waals surface area contributed by atoms with E-state index in [0.29, 0.717) is 12.7 Å². The molecule has 0 spiro atoms. The smallest absolute Gasteiger partial charge is 0.311 e. The highest BCUT2D eigenvalue weighted by Crippen LogP contribution is 2.25. The van der Waals surface area contributed by atoms with Gasteiger partial charge in [-0.05, 0) is 19.8 Å². The van der Waals surface area contributed by atoms with E-state index in [1.165, 1.54) is 0 Å². The van der Waals surface area contributed by atoms with Crippen LogP contribution in [0.4, 0.5) is 5.13 Å². The maximum absolute atomic E-state index is 11.4. The van der Waals surface area contributed by atoms with E-state index in [-0.39, 0.29) is 12.4 Å². The molecule has 106 valence electrons. The van der Waals surface area contributed by atoms with E-state index in [1.54, 1.807) is 18.4 Å². The van der Waals surface area contributed by atoms with Crippen LogP contribution < -0.4 is 4.90 Å². The highest BCUT2D eigenvalue weighted by molar-refractivity contribution is 7.13. The molecule has 6 heteroatoms. The van der Waals surface area contributed by atoms with Crippen molar-refractivity contribution in [2.24, 2.45) is 0 Å². The van der Waals surface area contributed by atoms with Crippen LogP contribution in [0.15, 0.2) is 5.38 Å². The third-order valence-corrected chi connectivity index (χ3v) is 4.17. The summed E-state index contributed by atoms with van der Waals surface area (Å²) in [6.07, 6.45) is 2.70. The van der Waals surface area contributed by atoms with Crippen LogP contribution in [0.1, 0.15) is 25.5 Å². The van der Waals surface area contributed by atoms with Crippen LogP contribution in [0.3, 0.4) is 0 Å². The number of hydrogen-bond donors (Lipinski definition) is 0. The summed E-state index contributed by atoms with van der Waals surface area (Å²) in [6.45, 7) is 4.15. The fourth-order valence-corrected chi connectivity index (χ4v) is 3.04. The second kappa shape index (κ2) is 6.86. The lowest BCUT2D eigenvalue weighted by Crippen LogP contribution is -2.36. The predicted octanol–water partition coefficient (Wildman–Crippen LogP) is 1.86. The van der Waals surface area contributed by atoms with Gasteiger partial charge in [0.2, 0.25) is 0 Å². The topological polar surface area (TPSA) is 51.7 Å². The number of anilines is 1.